The molecule has 4 rings (SSSR count). The first kappa shape index (κ1) is 20.8. The lowest BCUT2D eigenvalue weighted by molar-refractivity contribution is 0.134. The van der Waals surface area contributed by atoms with Crippen LogP contribution in [0.3, 0.4) is 0 Å². The van der Waals surface area contributed by atoms with Crippen LogP contribution < -0.4 is 10.8 Å². The average Bonchev–Trinajstić information content (AvgIpc) is 2.92. The van der Waals surface area contributed by atoms with Gasteiger partial charge in [0, 0.05) is 26.9 Å². The second-order valence-electron chi connectivity index (χ2n) is 6.49. The summed E-state index contributed by atoms with van der Waals surface area (Å²) in [5, 5.41) is 3.48. The highest BCUT2D eigenvalue weighted by Gasteiger charge is 2.19. The van der Waals surface area contributed by atoms with Crippen LogP contribution in [0.15, 0.2) is 76.7 Å². The minimum Gasteiger partial charge on any atom is -0.323 e. The van der Waals surface area contributed by atoms with Crippen LogP contribution in [0, 0.1) is 5.82 Å². The van der Waals surface area contributed by atoms with E-state index < -0.39 is 11.9 Å². The second-order valence-corrected chi connectivity index (χ2v) is 7.36. The fourth-order valence-electron chi connectivity index (χ4n) is 2.97. The molecular weight excluding hydrogens is 442 g/mol. The molecule has 2 N–H and O–H groups in total. The molecule has 9 heteroatoms. The molecule has 0 saturated carbocycles. The number of hydrogen-bond donors (Lipinski definition) is 2. The highest BCUT2D eigenvalue weighted by molar-refractivity contribution is 6.32. The Morgan fingerprint density at radius 1 is 0.968 bits per heavy atom. The quantitative estimate of drug-likeness (QED) is 0.480. The van der Waals surface area contributed by atoms with Gasteiger partial charge in [0.1, 0.15) is 12.4 Å². The van der Waals surface area contributed by atoms with Crippen molar-refractivity contribution in [1.82, 2.24) is 5.48 Å². The van der Waals surface area contributed by atoms with E-state index in [1.807, 2.05) is 0 Å². The molecule has 1 heterocycles. The predicted molar refractivity (Wildman–Crippen MR) is 120 cm³/mol. The molecular formula is C22H15Cl2FN4O2. The predicted octanol–water partition coefficient (Wildman–Crippen LogP) is 5.77. The maximum absolute atomic E-state index is 14.4. The number of hydroxylamine groups is 1. The topological polar surface area (TPSA) is 75.1 Å². The summed E-state index contributed by atoms with van der Waals surface area (Å²) in [7, 11) is 0. The van der Waals surface area contributed by atoms with E-state index in [-0.39, 0.29) is 12.4 Å². The largest absolute Gasteiger partial charge is 0.435 e. The molecule has 0 atom stereocenters. The van der Waals surface area contributed by atoms with Gasteiger partial charge in [0.2, 0.25) is 0 Å². The Bertz CT molecular complexity index is 1210. The summed E-state index contributed by atoms with van der Waals surface area (Å²) in [5.74, 6) is -0.156. The van der Waals surface area contributed by atoms with Gasteiger partial charge in [0.15, 0.2) is 5.84 Å². The van der Waals surface area contributed by atoms with Gasteiger partial charge in [-0.25, -0.2) is 19.7 Å². The Balaban J connectivity index is 1.56. The number of nitrogens with zero attached hydrogens (tertiary/aromatic N) is 2. The lowest BCUT2D eigenvalue weighted by atomic mass is 10.0. The Kier molecular flexibility index (Phi) is 6.16. The minimum absolute atomic E-state index is 0.0282. The van der Waals surface area contributed by atoms with Gasteiger partial charge in [0.05, 0.1) is 11.4 Å². The number of hydrogen-bond acceptors (Lipinski definition) is 5. The van der Waals surface area contributed by atoms with Crippen molar-refractivity contribution in [3.8, 4) is 0 Å². The third-order valence-corrected chi connectivity index (χ3v) is 4.79. The van der Waals surface area contributed by atoms with Gasteiger partial charge in [-0.2, -0.15) is 0 Å². The Morgan fingerprint density at radius 2 is 1.77 bits per heavy atom. The summed E-state index contributed by atoms with van der Waals surface area (Å²) in [6, 6.07) is 18.0. The number of amidine groups is 1. The second kappa shape index (κ2) is 9.16. The Hall–Kier alpha value is -3.42. The summed E-state index contributed by atoms with van der Waals surface area (Å²) in [5.41, 5.74) is 4.78. The highest BCUT2D eigenvalue weighted by Crippen LogP contribution is 2.29. The van der Waals surface area contributed by atoms with Crippen molar-refractivity contribution in [3.63, 3.8) is 0 Å². The van der Waals surface area contributed by atoms with Crippen LogP contribution in [0.2, 0.25) is 10.0 Å². The third kappa shape index (κ3) is 5.02. The first-order chi connectivity index (χ1) is 15.0. The molecule has 31 heavy (non-hydrogen) atoms. The molecule has 0 spiro atoms. The van der Waals surface area contributed by atoms with Crippen molar-refractivity contribution in [3.05, 3.63) is 93.7 Å². The normalized spacial score (nSPS) is 12.7. The van der Waals surface area contributed by atoms with E-state index in [0.29, 0.717) is 38.3 Å². The fraction of sp³-hybridized carbons (Fsp3) is 0.0455. The van der Waals surface area contributed by atoms with Crippen LogP contribution in [0.1, 0.15) is 11.1 Å². The van der Waals surface area contributed by atoms with Crippen molar-refractivity contribution in [1.29, 1.82) is 0 Å². The number of carbonyl (C=O) groups is 1. The maximum Gasteiger partial charge on any atom is 0.435 e. The van der Waals surface area contributed by atoms with Crippen molar-refractivity contribution in [2.24, 2.45) is 9.98 Å². The highest BCUT2D eigenvalue weighted by atomic mass is 35.5. The van der Waals surface area contributed by atoms with Crippen LogP contribution in [-0.2, 0) is 4.84 Å². The fourth-order valence-corrected chi connectivity index (χ4v) is 3.33. The number of aliphatic imine (C=N–C) groups is 2. The maximum atomic E-state index is 14.4. The van der Waals surface area contributed by atoms with E-state index in [4.69, 9.17) is 28.0 Å². The van der Waals surface area contributed by atoms with Crippen LogP contribution in [0.5, 0.6) is 0 Å². The lowest BCUT2D eigenvalue weighted by Crippen LogP contribution is -2.31. The van der Waals surface area contributed by atoms with E-state index in [1.54, 1.807) is 60.7 Å². The molecule has 156 valence electrons. The molecule has 0 unspecified atom stereocenters. The summed E-state index contributed by atoms with van der Waals surface area (Å²) >= 11 is 12.1. The van der Waals surface area contributed by atoms with Gasteiger partial charge in [-0.05, 0) is 48.5 Å². The van der Waals surface area contributed by atoms with E-state index in [0.717, 1.165) is 0 Å². The number of amides is 1. The smallest absolute Gasteiger partial charge is 0.323 e. The average molecular weight is 457 g/mol. The number of anilines is 1. The Labute approximate surface area is 187 Å². The van der Waals surface area contributed by atoms with Gasteiger partial charge in [0.25, 0.3) is 0 Å². The van der Waals surface area contributed by atoms with E-state index in [2.05, 4.69) is 20.8 Å². The molecule has 0 aliphatic carbocycles. The molecule has 0 saturated heterocycles. The molecule has 1 aliphatic rings. The molecule has 0 aromatic heterocycles. The zero-order chi connectivity index (χ0) is 21.8. The van der Waals surface area contributed by atoms with Crippen LogP contribution >= 0.6 is 23.2 Å². The first-order valence-electron chi connectivity index (χ1n) is 9.16. The number of nitrogens with one attached hydrogen (secondary N) is 2. The van der Waals surface area contributed by atoms with Crippen molar-refractivity contribution < 1.29 is 14.0 Å². The van der Waals surface area contributed by atoms with Crippen molar-refractivity contribution >= 4 is 52.2 Å². The number of fused-ring (bicyclic) bond motifs is 1. The van der Waals surface area contributed by atoms with Crippen LogP contribution in [0.25, 0.3) is 0 Å². The third-order valence-electron chi connectivity index (χ3n) is 4.32. The van der Waals surface area contributed by atoms with Gasteiger partial charge in [-0.15, -0.1) is 0 Å². The molecule has 3 aromatic carbocycles. The van der Waals surface area contributed by atoms with Crippen molar-refractivity contribution in [2.75, 3.05) is 11.9 Å². The number of carbonyl (C=O) groups excluding carboxylic acids is 1. The van der Waals surface area contributed by atoms with Crippen molar-refractivity contribution in [2.45, 2.75) is 0 Å². The van der Waals surface area contributed by atoms with E-state index in [1.165, 1.54) is 6.07 Å². The zero-order valence-electron chi connectivity index (χ0n) is 15.9. The minimum atomic E-state index is -0.760. The van der Waals surface area contributed by atoms with E-state index in [9.17, 15) is 9.18 Å². The van der Waals surface area contributed by atoms with Gasteiger partial charge >= 0.3 is 6.09 Å². The van der Waals surface area contributed by atoms with Crippen LogP contribution in [0.4, 0.5) is 20.6 Å². The Morgan fingerprint density at radius 3 is 2.58 bits per heavy atom. The van der Waals surface area contributed by atoms with Gasteiger partial charge in [-0.1, -0.05) is 41.4 Å². The monoisotopic (exact) mass is 456 g/mol. The molecule has 0 fully saturated rings. The SMILES string of the molecule is O=C(Nc1cccc(Cl)c1)ONC1=Nc2ccc(Cl)cc2C(c2ccccc2F)=NC1. The van der Waals surface area contributed by atoms with E-state index >= 15 is 0 Å². The molecule has 3 aromatic rings. The van der Waals surface area contributed by atoms with Crippen LogP contribution in [-0.4, -0.2) is 24.2 Å². The standard InChI is InChI=1S/C22H15Cl2FN4O2/c23-13-4-3-5-15(10-13)27-22(30)31-29-20-12-26-21(16-6-1-2-7-18(16)25)17-11-14(24)8-9-19(17)28-20/h1-11H,12H2,(H,27,30)(H,28,29). The molecule has 1 aliphatic heterocycles. The summed E-state index contributed by atoms with van der Waals surface area (Å²) in [6.07, 6.45) is -0.760. The molecule has 0 radical (unpaired) electrons. The number of halogens is 3. The molecule has 6 nitrogen and oxygen atoms in total. The zero-order valence-corrected chi connectivity index (χ0v) is 17.4. The summed E-state index contributed by atoms with van der Waals surface area (Å²) in [4.78, 5) is 26.1. The lowest BCUT2D eigenvalue weighted by Gasteiger charge is -2.09. The summed E-state index contributed by atoms with van der Waals surface area (Å²) in [6.45, 7) is 0.0282. The van der Waals surface area contributed by atoms with Gasteiger partial charge in [-0.3, -0.25) is 10.3 Å². The molecule has 1 amide bonds. The summed E-state index contributed by atoms with van der Waals surface area (Å²) < 4.78 is 14.4. The number of rotatable bonds is 2. The molecule has 0 bridgehead atoms. The number of benzene rings is 3. The first-order valence-corrected chi connectivity index (χ1v) is 9.91. The van der Waals surface area contributed by atoms with Gasteiger partial charge < -0.3 is 4.84 Å².